The van der Waals surface area contributed by atoms with Gasteiger partial charge in [0.25, 0.3) is 0 Å². The first-order chi connectivity index (χ1) is 12.4. The van der Waals surface area contributed by atoms with Gasteiger partial charge in [-0.3, -0.25) is 0 Å². The summed E-state index contributed by atoms with van der Waals surface area (Å²) in [6.45, 7) is 3.43. The Hall–Kier alpha value is -1.21. The molecule has 120 valence electrons. The van der Waals surface area contributed by atoms with Gasteiger partial charge in [-0.25, -0.2) is 0 Å². The Balaban J connectivity index is 2.19. The summed E-state index contributed by atoms with van der Waals surface area (Å²) in [5.74, 6) is -0.105. The van der Waals surface area contributed by atoms with Crippen molar-refractivity contribution in [2.45, 2.75) is 13.8 Å². The Bertz CT molecular complexity index is 1050. The van der Waals surface area contributed by atoms with Gasteiger partial charge in [0.05, 0.1) is 0 Å². The summed E-state index contributed by atoms with van der Waals surface area (Å²) in [7, 11) is 0. The number of nitrogens with zero attached hydrogens (tertiary/aromatic N) is 2. The van der Waals surface area contributed by atoms with E-state index < -0.39 is 0 Å². The summed E-state index contributed by atoms with van der Waals surface area (Å²) < 4.78 is 2.12. The number of phenols is 1. The molecule has 0 spiro atoms. The van der Waals surface area contributed by atoms with Crippen LogP contribution in [0.1, 0.15) is 12.5 Å². The predicted octanol–water partition coefficient (Wildman–Crippen LogP) is 2.82. The fourth-order valence-electron chi connectivity index (χ4n) is 2.99. The number of amides is 1. The van der Waals surface area contributed by atoms with Gasteiger partial charge < -0.3 is 0 Å². The van der Waals surface area contributed by atoms with Crippen molar-refractivity contribution in [3.05, 3.63) is 48.0 Å². The zero-order valence-corrected chi connectivity index (χ0v) is 19.3. The molecule has 2 N–H and O–H groups in total. The molecule has 0 aromatic heterocycles. The molecule has 0 unspecified atom stereocenters. The zero-order valence-electron chi connectivity index (χ0n) is 15.3. The van der Waals surface area contributed by atoms with E-state index in [4.69, 9.17) is 0 Å². The van der Waals surface area contributed by atoms with Crippen LogP contribution in [-0.2, 0) is 4.79 Å². The Morgan fingerprint density at radius 3 is 2.54 bits per heavy atom. The molecule has 0 fully saturated rings. The van der Waals surface area contributed by atoms with Crippen LogP contribution in [0, 0.1) is 6.92 Å². The van der Waals surface area contributed by atoms with Crippen LogP contribution in [0.25, 0.3) is 10.8 Å². The first-order valence-electron chi connectivity index (χ1n) is 8.38. The number of phenolic OH excluding ortho intramolecular Hbond substituents is 1. The third-order valence-electron chi connectivity index (χ3n) is 4.20. The fraction of sp³-hybridized carbons (Fsp3) is 0.105. The van der Waals surface area contributed by atoms with Gasteiger partial charge in [-0.2, -0.15) is 0 Å². The molecule has 3 rings (SSSR count). The number of rotatable bonds is 3. The molecule has 0 aliphatic rings. The second kappa shape index (κ2) is 8.21. The summed E-state index contributed by atoms with van der Waals surface area (Å²) in [6.07, 6.45) is 0. The van der Waals surface area contributed by atoms with Crippen LogP contribution >= 0.6 is 0 Å². The van der Waals surface area contributed by atoms with Crippen molar-refractivity contribution in [3.8, 4) is 5.75 Å². The molecule has 0 saturated heterocycles. The van der Waals surface area contributed by atoms with Crippen LogP contribution in [0.15, 0.2) is 52.7 Å². The number of fused-ring (bicyclic) bond motifs is 1. The van der Waals surface area contributed by atoms with Crippen molar-refractivity contribution in [1.82, 2.24) is 0 Å². The SMILES string of the molecule is CC(=O)Nc1c[c]([Na])cc2c[c]([Na])c(N=Nc3ccccc3C)c(O)c12. The number of hydrogen-bond acceptors (Lipinski definition) is 4. The van der Waals surface area contributed by atoms with E-state index >= 15 is 0 Å². The standard InChI is InChI=1S/C19H15N3O2.2Na/c1-12-6-3-4-8-15(12)21-22-17-11-10-14-7-5-9-16(20-13(2)23)18(14)19(17)24;;/h3-4,6-10,24H,1-2H3,(H,20,23);;. The molecular weight excluding hydrogens is 348 g/mol. The second-order valence-electron chi connectivity index (χ2n) is 6.47. The van der Waals surface area contributed by atoms with Crippen molar-refractivity contribution in [2.24, 2.45) is 10.2 Å². The number of anilines is 1. The van der Waals surface area contributed by atoms with Crippen molar-refractivity contribution in [2.75, 3.05) is 5.32 Å². The molecule has 3 aromatic rings. The molecule has 5 nitrogen and oxygen atoms in total. The van der Waals surface area contributed by atoms with E-state index in [-0.39, 0.29) is 11.7 Å². The third-order valence-corrected chi connectivity index (χ3v) is 5.54. The van der Waals surface area contributed by atoms with Gasteiger partial charge in [-0.15, -0.1) is 0 Å². The molecule has 0 heterocycles. The summed E-state index contributed by atoms with van der Waals surface area (Å²) in [5.41, 5.74) is 2.88. The second-order valence-corrected chi connectivity index (χ2v) is 8.70. The molecule has 1 amide bonds. The molecule has 0 radical (unpaired) electrons. The van der Waals surface area contributed by atoms with E-state index in [1.165, 1.54) is 6.92 Å². The van der Waals surface area contributed by atoms with Gasteiger partial charge in [0.1, 0.15) is 0 Å². The van der Waals surface area contributed by atoms with Crippen LogP contribution in [0.4, 0.5) is 17.1 Å². The van der Waals surface area contributed by atoms with E-state index in [1.807, 2.05) is 43.3 Å². The number of nitrogens with one attached hydrogen (secondary N) is 1. The quantitative estimate of drug-likeness (QED) is 0.555. The summed E-state index contributed by atoms with van der Waals surface area (Å²) in [6, 6.07) is 13.7. The molecule has 7 heteroatoms. The predicted molar refractivity (Wildman–Crippen MR) is 106 cm³/mol. The van der Waals surface area contributed by atoms with Crippen LogP contribution in [0.2, 0.25) is 0 Å². The van der Waals surface area contributed by atoms with Crippen molar-refractivity contribution < 1.29 is 9.90 Å². The average Bonchev–Trinajstić information content (AvgIpc) is 2.54. The summed E-state index contributed by atoms with van der Waals surface area (Å²) in [4.78, 5) is 11.6. The number of hydrogen-bond donors (Lipinski definition) is 2. The maximum atomic E-state index is 11.6. The average molecular weight is 363 g/mol. The van der Waals surface area contributed by atoms with Gasteiger partial charge >= 0.3 is 188 Å². The van der Waals surface area contributed by atoms with Gasteiger partial charge in [0.15, 0.2) is 0 Å². The Labute approximate surface area is 186 Å². The Kier molecular flexibility index (Phi) is 6.17. The number of carbonyl (C=O) groups excluding carboxylic acids is 1. The summed E-state index contributed by atoms with van der Waals surface area (Å²) in [5, 5.41) is 23.9. The van der Waals surface area contributed by atoms with Crippen molar-refractivity contribution in [1.29, 1.82) is 0 Å². The van der Waals surface area contributed by atoms with Gasteiger partial charge in [0.2, 0.25) is 0 Å². The fourth-order valence-corrected chi connectivity index (χ4v) is 4.24. The maximum absolute atomic E-state index is 11.6. The number of aryl methyl sites for hydroxylation is 1. The number of aromatic hydroxyl groups is 1. The number of benzene rings is 3. The molecule has 0 bridgehead atoms. The first-order valence-corrected chi connectivity index (χ1v) is 10.4. The summed E-state index contributed by atoms with van der Waals surface area (Å²) >= 11 is 1.58. The van der Waals surface area contributed by atoms with Crippen molar-refractivity contribution >= 4 is 95.2 Å². The van der Waals surface area contributed by atoms with E-state index in [0.717, 1.165) is 78.1 Å². The molecule has 0 aliphatic heterocycles. The zero-order chi connectivity index (χ0) is 18.8. The molecule has 0 saturated carbocycles. The molecule has 0 aliphatic carbocycles. The number of azo groups is 1. The topological polar surface area (TPSA) is 74.0 Å². The Morgan fingerprint density at radius 1 is 1.12 bits per heavy atom. The molecule has 26 heavy (non-hydrogen) atoms. The van der Waals surface area contributed by atoms with Crippen LogP contribution < -0.4 is 10.9 Å². The minimum atomic E-state index is -0.170. The third kappa shape index (κ3) is 4.19. The minimum absolute atomic E-state index is 0.0650. The van der Waals surface area contributed by atoms with Gasteiger partial charge in [-0.05, 0) is 0 Å². The monoisotopic (exact) mass is 363 g/mol. The van der Waals surface area contributed by atoms with Crippen LogP contribution in [-0.4, -0.2) is 66.9 Å². The molecule has 0 atom stereocenters. The molecule has 3 aromatic carbocycles. The first kappa shape index (κ1) is 19.5. The van der Waals surface area contributed by atoms with Crippen LogP contribution in [0.3, 0.4) is 0 Å². The Morgan fingerprint density at radius 2 is 1.85 bits per heavy atom. The van der Waals surface area contributed by atoms with Crippen LogP contribution in [0.5, 0.6) is 5.75 Å². The number of carbonyl (C=O) groups is 1. The van der Waals surface area contributed by atoms with Gasteiger partial charge in [0, 0.05) is 0 Å². The van der Waals surface area contributed by atoms with E-state index in [9.17, 15) is 9.90 Å². The van der Waals surface area contributed by atoms with E-state index in [0.29, 0.717) is 16.8 Å². The van der Waals surface area contributed by atoms with Crippen molar-refractivity contribution in [3.63, 3.8) is 0 Å². The van der Waals surface area contributed by atoms with E-state index in [1.54, 1.807) is 0 Å². The molecular formula is C19H15N3Na2O2. The van der Waals surface area contributed by atoms with Gasteiger partial charge in [-0.1, -0.05) is 0 Å². The normalized spacial score (nSPS) is 11.3. The van der Waals surface area contributed by atoms with E-state index in [2.05, 4.69) is 21.6 Å².